The van der Waals surface area contributed by atoms with Crippen LogP contribution in [-0.2, 0) is 0 Å². The molecule has 2 nitrogen and oxygen atoms in total. The first kappa shape index (κ1) is 11.8. The molecule has 96 valence electrons. The molecule has 1 saturated carbocycles. The van der Waals surface area contributed by atoms with E-state index in [4.69, 9.17) is 0 Å². The minimum absolute atomic E-state index is 0.254. The Morgan fingerprint density at radius 2 is 2.00 bits per heavy atom. The second-order valence-corrected chi connectivity index (χ2v) is 5.86. The van der Waals surface area contributed by atoms with E-state index in [0.29, 0.717) is 11.8 Å². The van der Waals surface area contributed by atoms with Gasteiger partial charge >= 0.3 is 0 Å². The average molecular weight is 243 g/mol. The van der Waals surface area contributed by atoms with Crippen molar-refractivity contribution in [2.75, 3.05) is 13.1 Å². The molecule has 3 rings (SSSR count). The van der Waals surface area contributed by atoms with Crippen molar-refractivity contribution < 1.29 is 4.79 Å². The van der Waals surface area contributed by atoms with Gasteiger partial charge in [0, 0.05) is 18.7 Å². The highest BCUT2D eigenvalue weighted by atomic mass is 16.2. The Balaban J connectivity index is 1.83. The molecule has 2 fully saturated rings. The molecule has 2 heteroatoms. The fourth-order valence-electron chi connectivity index (χ4n) is 2.99. The molecule has 1 atom stereocenters. The Hall–Kier alpha value is -1.31. The first-order chi connectivity index (χ1) is 8.75. The molecule has 1 aromatic carbocycles. The lowest BCUT2D eigenvalue weighted by Gasteiger charge is -2.31. The smallest absolute Gasteiger partial charge is 0.254 e. The zero-order valence-corrected chi connectivity index (χ0v) is 11.1. The molecule has 1 aliphatic carbocycles. The topological polar surface area (TPSA) is 20.3 Å². The molecule has 1 amide bonds. The molecular formula is C16H21NO. The van der Waals surface area contributed by atoms with Crippen molar-refractivity contribution in [3.8, 4) is 0 Å². The van der Waals surface area contributed by atoms with Crippen molar-refractivity contribution >= 4 is 5.91 Å². The summed E-state index contributed by atoms with van der Waals surface area (Å²) in [5, 5.41) is 0. The Morgan fingerprint density at radius 3 is 2.72 bits per heavy atom. The van der Waals surface area contributed by atoms with E-state index in [-0.39, 0.29) is 5.91 Å². The van der Waals surface area contributed by atoms with Crippen LogP contribution in [0.4, 0.5) is 0 Å². The number of nitrogens with zero attached hydrogens (tertiary/aromatic N) is 1. The predicted molar refractivity (Wildman–Crippen MR) is 72.7 cm³/mol. The summed E-state index contributed by atoms with van der Waals surface area (Å²) in [5.74, 6) is 1.55. The van der Waals surface area contributed by atoms with Crippen LogP contribution in [0.15, 0.2) is 24.3 Å². The van der Waals surface area contributed by atoms with Crippen LogP contribution in [0.2, 0.25) is 0 Å². The predicted octanol–water partition coefficient (Wildman–Crippen LogP) is 3.44. The summed E-state index contributed by atoms with van der Waals surface area (Å²) in [5.41, 5.74) is 2.23. The molecule has 0 radical (unpaired) electrons. The largest absolute Gasteiger partial charge is 0.338 e. The summed E-state index contributed by atoms with van der Waals surface area (Å²) in [6.07, 6.45) is 4.91. The number of carbonyl (C=O) groups is 1. The van der Waals surface area contributed by atoms with E-state index in [2.05, 4.69) is 24.0 Å². The summed E-state index contributed by atoms with van der Waals surface area (Å²) in [4.78, 5) is 14.7. The molecule has 0 bridgehead atoms. The molecule has 1 unspecified atom stereocenters. The molecule has 18 heavy (non-hydrogen) atoms. The monoisotopic (exact) mass is 243 g/mol. The number of likely N-dealkylation sites (tertiary alicyclic amines) is 1. The van der Waals surface area contributed by atoms with E-state index in [0.717, 1.165) is 25.1 Å². The van der Waals surface area contributed by atoms with Gasteiger partial charge in [0.2, 0.25) is 0 Å². The van der Waals surface area contributed by atoms with Crippen molar-refractivity contribution in [2.45, 2.75) is 38.5 Å². The molecule has 1 aliphatic heterocycles. The van der Waals surface area contributed by atoms with Crippen molar-refractivity contribution in [3.63, 3.8) is 0 Å². The van der Waals surface area contributed by atoms with E-state index in [1.54, 1.807) is 0 Å². The van der Waals surface area contributed by atoms with Crippen LogP contribution in [-0.4, -0.2) is 23.9 Å². The second kappa shape index (κ2) is 4.75. The maximum absolute atomic E-state index is 12.6. The van der Waals surface area contributed by atoms with Crippen LogP contribution in [0, 0.1) is 5.92 Å². The van der Waals surface area contributed by atoms with Gasteiger partial charge in [-0.1, -0.05) is 25.1 Å². The Morgan fingerprint density at radius 1 is 1.22 bits per heavy atom. The van der Waals surface area contributed by atoms with E-state index in [1.807, 2.05) is 12.1 Å². The van der Waals surface area contributed by atoms with Crippen LogP contribution in [0.1, 0.15) is 54.4 Å². The Bertz CT molecular complexity index is 450. The lowest BCUT2D eigenvalue weighted by atomic mass is 9.97. The first-order valence-corrected chi connectivity index (χ1v) is 7.14. The molecule has 1 saturated heterocycles. The molecule has 1 aromatic rings. The van der Waals surface area contributed by atoms with Gasteiger partial charge in [-0.15, -0.1) is 0 Å². The van der Waals surface area contributed by atoms with Gasteiger partial charge in [0.05, 0.1) is 0 Å². The summed E-state index contributed by atoms with van der Waals surface area (Å²) in [7, 11) is 0. The van der Waals surface area contributed by atoms with Gasteiger partial charge in [0.25, 0.3) is 5.91 Å². The fraction of sp³-hybridized carbons (Fsp3) is 0.562. The van der Waals surface area contributed by atoms with Crippen molar-refractivity contribution in [2.24, 2.45) is 5.92 Å². The van der Waals surface area contributed by atoms with Crippen LogP contribution < -0.4 is 0 Å². The van der Waals surface area contributed by atoms with Crippen LogP contribution in [0.5, 0.6) is 0 Å². The number of piperidine rings is 1. The highest BCUT2D eigenvalue weighted by molar-refractivity contribution is 5.96. The van der Waals surface area contributed by atoms with Gasteiger partial charge in [-0.3, -0.25) is 4.79 Å². The normalized spacial score (nSPS) is 24.1. The van der Waals surface area contributed by atoms with Gasteiger partial charge in [-0.25, -0.2) is 0 Å². The van der Waals surface area contributed by atoms with Crippen molar-refractivity contribution in [1.82, 2.24) is 4.90 Å². The van der Waals surface area contributed by atoms with Gasteiger partial charge in [0.1, 0.15) is 0 Å². The SMILES string of the molecule is CC1CCCN(C(=O)c2ccccc2C2CC2)C1. The zero-order chi connectivity index (χ0) is 12.5. The van der Waals surface area contributed by atoms with E-state index < -0.39 is 0 Å². The van der Waals surface area contributed by atoms with E-state index in [9.17, 15) is 4.79 Å². The highest BCUT2D eigenvalue weighted by Gasteiger charge is 2.30. The molecule has 2 aliphatic rings. The van der Waals surface area contributed by atoms with Crippen LogP contribution in [0.25, 0.3) is 0 Å². The summed E-state index contributed by atoms with van der Waals surface area (Å²) >= 11 is 0. The number of hydrogen-bond acceptors (Lipinski definition) is 1. The summed E-state index contributed by atoms with van der Waals surface area (Å²) < 4.78 is 0. The molecule has 0 aromatic heterocycles. The average Bonchev–Trinajstić information content (AvgIpc) is 3.22. The lowest BCUT2D eigenvalue weighted by molar-refractivity contribution is 0.0682. The van der Waals surface area contributed by atoms with Crippen LogP contribution in [0.3, 0.4) is 0 Å². The maximum atomic E-state index is 12.6. The lowest BCUT2D eigenvalue weighted by Crippen LogP contribution is -2.39. The standard InChI is InChI=1S/C16H21NO/c1-12-5-4-10-17(11-12)16(18)15-7-3-2-6-14(15)13-8-9-13/h2-3,6-7,12-13H,4-5,8-11H2,1H3. The second-order valence-electron chi connectivity index (χ2n) is 5.86. The van der Waals surface area contributed by atoms with Crippen LogP contribution >= 0.6 is 0 Å². The molecule has 0 spiro atoms. The first-order valence-electron chi connectivity index (χ1n) is 7.14. The fourth-order valence-corrected chi connectivity index (χ4v) is 2.99. The summed E-state index contributed by atoms with van der Waals surface area (Å²) in [6, 6.07) is 8.20. The number of rotatable bonds is 2. The minimum Gasteiger partial charge on any atom is -0.338 e. The highest BCUT2D eigenvalue weighted by Crippen LogP contribution is 2.41. The molecular weight excluding hydrogens is 222 g/mol. The minimum atomic E-state index is 0.254. The quantitative estimate of drug-likeness (QED) is 0.779. The van der Waals surface area contributed by atoms with Crippen molar-refractivity contribution in [3.05, 3.63) is 35.4 Å². The number of hydrogen-bond donors (Lipinski definition) is 0. The Kier molecular flexibility index (Phi) is 3.11. The van der Waals surface area contributed by atoms with E-state index >= 15 is 0 Å². The number of carbonyl (C=O) groups excluding carboxylic acids is 1. The molecule has 0 N–H and O–H groups in total. The van der Waals surface area contributed by atoms with E-state index in [1.165, 1.54) is 24.8 Å². The van der Waals surface area contributed by atoms with Gasteiger partial charge in [0.15, 0.2) is 0 Å². The van der Waals surface area contributed by atoms with Gasteiger partial charge in [-0.05, 0) is 49.1 Å². The van der Waals surface area contributed by atoms with Gasteiger partial charge in [-0.2, -0.15) is 0 Å². The molecule has 1 heterocycles. The Labute approximate surface area is 109 Å². The number of amides is 1. The third-order valence-corrected chi connectivity index (χ3v) is 4.15. The number of benzene rings is 1. The third kappa shape index (κ3) is 2.29. The van der Waals surface area contributed by atoms with Gasteiger partial charge < -0.3 is 4.90 Å². The van der Waals surface area contributed by atoms with Crippen molar-refractivity contribution in [1.29, 1.82) is 0 Å². The zero-order valence-electron chi connectivity index (χ0n) is 11.1. The maximum Gasteiger partial charge on any atom is 0.254 e. The third-order valence-electron chi connectivity index (χ3n) is 4.15. The summed E-state index contributed by atoms with van der Waals surface area (Å²) in [6.45, 7) is 4.10.